The Morgan fingerprint density at radius 1 is 1.30 bits per heavy atom. The maximum absolute atomic E-state index is 13.8. The molecule has 0 aromatic heterocycles. The Balaban J connectivity index is 2.75. The molecule has 20 heavy (non-hydrogen) atoms. The lowest BCUT2D eigenvalue weighted by Gasteiger charge is -2.15. The van der Waals surface area contributed by atoms with Crippen molar-refractivity contribution in [2.45, 2.75) is 31.2 Å². The lowest BCUT2D eigenvalue weighted by Crippen LogP contribution is -2.34. The quantitative estimate of drug-likeness (QED) is 0.831. The zero-order valence-corrected chi connectivity index (χ0v) is 12.6. The van der Waals surface area contributed by atoms with Crippen LogP contribution >= 0.6 is 0 Å². The van der Waals surface area contributed by atoms with Gasteiger partial charge >= 0.3 is 0 Å². The van der Waals surface area contributed by atoms with Crippen molar-refractivity contribution in [3.05, 3.63) is 23.8 Å². The Morgan fingerprint density at radius 3 is 2.45 bits per heavy atom. The molecule has 1 aromatic rings. The smallest absolute Gasteiger partial charge is 0.214 e. The highest BCUT2D eigenvalue weighted by Crippen LogP contribution is 2.26. The van der Waals surface area contributed by atoms with Crippen LogP contribution in [0.5, 0.6) is 11.5 Å². The minimum atomic E-state index is -3.86. The van der Waals surface area contributed by atoms with Gasteiger partial charge in [-0.1, -0.05) is 6.07 Å². The van der Waals surface area contributed by atoms with E-state index in [0.717, 1.165) is 5.56 Å². The van der Waals surface area contributed by atoms with Gasteiger partial charge in [0.05, 0.1) is 14.2 Å². The minimum Gasteiger partial charge on any atom is -0.497 e. The molecule has 114 valence electrons. The van der Waals surface area contributed by atoms with Gasteiger partial charge in [-0.3, -0.25) is 0 Å². The average molecular weight is 305 g/mol. The predicted molar refractivity (Wildman–Crippen MR) is 75.3 cm³/mol. The van der Waals surface area contributed by atoms with Crippen LogP contribution in [0.2, 0.25) is 0 Å². The number of benzene rings is 1. The van der Waals surface area contributed by atoms with Gasteiger partial charge < -0.3 is 9.47 Å². The van der Waals surface area contributed by atoms with Crippen molar-refractivity contribution < 1.29 is 22.3 Å². The SMILES string of the molecule is COc1ccc(CCC(F)C(C)S(N)(=O)=O)c(OC)c1. The topological polar surface area (TPSA) is 78.6 Å². The molecular weight excluding hydrogens is 285 g/mol. The van der Waals surface area contributed by atoms with E-state index in [4.69, 9.17) is 14.6 Å². The number of sulfonamides is 1. The Hall–Kier alpha value is -1.34. The van der Waals surface area contributed by atoms with Crippen LogP contribution in [0.25, 0.3) is 0 Å². The molecule has 0 amide bonds. The van der Waals surface area contributed by atoms with E-state index in [1.807, 2.05) is 0 Å². The predicted octanol–water partition coefficient (Wildman–Crippen LogP) is 1.65. The van der Waals surface area contributed by atoms with Crippen LogP contribution in [0.4, 0.5) is 4.39 Å². The first-order chi connectivity index (χ1) is 9.29. The van der Waals surface area contributed by atoms with E-state index in [0.29, 0.717) is 17.9 Å². The number of methoxy groups -OCH3 is 2. The summed E-state index contributed by atoms with van der Waals surface area (Å²) in [7, 11) is -0.805. The fraction of sp³-hybridized carbons (Fsp3) is 0.538. The molecule has 0 saturated carbocycles. The van der Waals surface area contributed by atoms with Crippen LogP contribution in [0.3, 0.4) is 0 Å². The zero-order chi connectivity index (χ0) is 15.3. The second kappa shape index (κ2) is 6.90. The number of aryl methyl sites for hydroxylation is 1. The molecule has 2 N–H and O–H groups in total. The van der Waals surface area contributed by atoms with Crippen LogP contribution in [-0.2, 0) is 16.4 Å². The number of hydrogen-bond acceptors (Lipinski definition) is 4. The van der Waals surface area contributed by atoms with E-state index >= 15 is 0 Å². The Kier molecular flexibility index (Phi) is 5.76. The molecule has 1 aromatic carbocycles. The lowest BCUT2D eigenvalue weighted by molar-refractivity contribution is 0.305. The molecule has 0 aliphatic heterocycles. The van der Waals surface area contributed by atoms with Crippen LogP contribution in [0, 0.1) is 0 Å². The third-order valence-electron chi connectivity index (χ3n) is 3.21. The van der Waals surface area contributed by atoms with Gasteiger partial charge in [0.2, 0.25) is 10.0 Å². The monoisotopic (exact) mass is 305 g/mol. The van der Waals surface area contributed by atoms with E-state index in [-0.39, 0.29) is 6.42 Å². The molecule has 0 aliphatic carbocycles. The van der Waals surface area contributed by atoms with Gasteiger partial charge in [-0.05, 0) is 31.4 Å². The molecule has 0 heterocycles. The van der Waals surface area contributed by atoms with Crippen molar-refractivity contribution >= 4 is 10.0 Å². The van der Waals surface area contributed by atoms with Crippen molar-refractivity contribution in [1.29, 1.82) is 0 Å². The lowest BCUT2D eigenvalue weighted by atomic mass is 10.0. The molecule has 0 bridgehead atoms. The van der Waals surface area contributed by atoms with Crippen molar-refractivity contribution in [3.63, 3.8) is 0 Å². The molecule has 5 nitrogen and oxygen atoms in total. The highest BCUT2D eigenvalue weighted by Gasteiger charge is 2.26. The van der Waals surface area contributed by atoms with Crippen molar-refractivity contribution in [3.8, 4) is 11.5 Å². The Bertz CT molecular complexity index is 547. The summed E-state index contributed by atoms with van der Waals surface area (Å²) in [5.41, 5.74) is 0.789. The standard InChI is InChI=1S/C13H20FNO4S/c1-9(20(15,16)17)12(14)7-5-10-4-6-11(18-2)8-13(10)19-3/h4,6,8-9,12H,5,7H2,1-3H3,(H2,15,16,17). The van der Waals surface area contributed by atoms with E-state index in [9.17, 15) is 12.8 Å². The number of hydrogen-bond donors (Lipinski definition) is 1. The van der Waals surface area contributed by atoms with E-state index in [2.05, 4.69) is 0 Å². The van der Waals surface area contributed by atoms with Gasteiger partial charge in [0, 0.05) is 6.07 Å². The Labute approximate surface area is 118 Å². The van der Waals surface area contributed by atoms with E-state index < -0.39 is 21.4 Å². The summed E-state index contributed by atoms with van der Waals surface area (Å²) in [4.78, 5) is 0. The van der Waals surface area contributed by atoms with Crippen molar-refractivity contribution in [2.75, 3.05) is 14.2 Å². The number of alkyl halides is 1. The third-order valence-corrected chi connectivity index (χ3v) is 4.54. The summed E-state index contributed by atoms with van der Waals surface area (Å²) in [5, 5.41) is 3.72. The summed E-state index contributed by atoms with van der Waals surface area (Å²) < 4.78 is 46.3. The first-order valence-corrected chi connectivity index (χ1v) is 7.77. The highest BCUT2D eigenvalue weighted by molar-refractivity contribution is 7.89. The summed E-state index contributed by atoms with van der Waals surface area (Å²) in [6.45, 7) is 1.27. The molecule has 0 fully saturated rings. The highest BCUT2D eigenvalue weighted by atomic mass is 32.2. The number of halogens is 1. The second-order valence-electron chi connectivity index (χ2n) is 4.53. The van der Waals surface area contributed by atoms with Gasteiger partial charge in [-0.15, -0.1) is 0 Å². The van der Waals surface area contributed by atoms with Crippen LogP contribution in [-0.4, -0.2) is 34.1 Å². The summed E-state index contributed by atoms with van der Waals surface area (Å²) in [6, 6.07) is 5.21. The molecule has 0 radical (unpaired) electrons. The molecule has 7 heteroatoms. The van der Waals surface area contributed by atoms with Crippen LogP contribution < -0.4 is 14.6 Å². The molecule has 2 atom stereocenters. The summed E-state index contributed by atoms with van der Waals surface area (Å²) >= 11 is 0. The van der Waals surface area contributed by atoms with E-state index in [1.165, 1.54) is 14.0 Å². The number of ether oxygens (including phenoxy) is 2. The first kappa shape index (κ1) is 16.7. The van der Waals surface area contributed by atoms with Gasteiger partial charge in [0.15, 0.2) is 0 Å². The first-order valence-electron chi connectivity index (χ1n) is 6.16. The van der Waals surface area contributed by atoms with Gasteiger partial charge in [-0.25, -0.2) is 17.9 Å². The molecule has 1 rings (SSSR count). The molecule has 0 aliphatic rings. The molecule has 0 spiro atoms. The summed E-state index contributed by atoms with van der Waals surface area (Å²) in [5.74, 6) is 1.22. The van der Waals surface area contributed by atoms with Crippen LogP contribution in [0.1, 0.15) is 18.9 Å². The van der Waals surface area contributed by atoms with Crippen molar-refractivity contribution in [2.24, 2.45) is 5.14 Å². The summed E-state index contributed by atoms with van der Waals surface area (Å²) in [6.07, 6.45) is -1.11. The zero-order valence-electron chi connectivity index (χ0n) is 11.8. The minimum absolute atomic E-state index is 0.0558. The number of nitrogens with two attached hydrogens (primary N) is 1. The second-order valence-corrected chi connectivity index (χ2v) is 6.45. The maximum Gasteiger partial charge on any atom is 0.214 e. The fourth-order valence-corrected chi connectivity index (χ4v) is 2.34. The maximum atomic E-state index is 13.8. The third kappa shape index (κ3) is 4.35. The van der Waals surface area contributed by atoms with E-state index in [1.54, 1.807) is 25.3 Å². The average Bonchev–Trinajstić information content (AvgIpc) is 2.42. The molecule has 0 saturated heterocycles. The fourth-order valence-electron chi connectivity index (χ4n) is 1.79. The van der Waals surface area contributed by atoms with Gasteiger partial charge in [0.25, 0.3) is 0 Å². The Morgan fingerprint density at radius 2 is 1.95 bits per heavy atom. The normalized spacial score (nSPS) is 14.7. The number of rotatable bonds is 7. The van der Waals surface area contributed by atoms with Gasteiger partial charge in [-0.2, -0.15) is 0 Å². The molecule has 2 unspecified atom stereocenters. The van der Waals surface area contributed by atoms with Crippen LogP contribution in [0.15, 0.2) is 18.2 Å². The molecular formula is C13H20FNO4S. The largest absolute Gasteiger partial charge is 0.497 e. The van der Waals surface area contributed by atoms with Crippen molar-refractivity contribution in [1.82, 2.24) is 0 Å². The van der Waals surface area contributed by atoms with Gasteiger partial charge in [0.1, 0.15) is 22.9 Å². The number of primary sulfonamides is 1.